The van der Waals surface area contributed by atoms with Crippen LogP contribution in [0.1, 0.15) is 5.76 Å². The first-order valence-electron chi connectivity index (χ1n) is 4.78. The van der Waals surface area contributed by atoms with Gasteiger partial charge in [0.1, 0.15) is 5.52 Å². The first-order valence-corrected chi connectivity index (χ1v) is 4.78. The minimum absolute atomic E-state index is 0.115. The Balaban J connectivity index is 2.43. The van der Waals surface area contributed by atoms with Crippen LogP contribution in [0.5, 0.6) is 0 Å². The van der Waals surface area contributed by atoms with Crippen LogP contribution in [-0.4, -0.2) is 10.1 Å². The van der Waals surface area contributed by atoms with E-state index >= 15 is 0 Å². The maximum atomic E-state index is 12.6. The molecule has 3 rings (SSSR count). The van der Waals surface area contributed by atoms with Crippen molar-refractivity contribution < 1.29 is 17.7 Å². The Labute approximate surface area is 92.8 Å². The summed E-state index contributed by atoms with van der Waals surface area (Å²) in [5.74, 6) is -1.11. The second-order valence-electron chi connectivity index (χ2n) is 3.55. The molecular weight excluding hydrogens is 233 g/mol. The molecule has 0 amide bonds. The number of rotatable bonds is 0. The summed E-state index contributed by atoms with van der Waals surface area (Å²) in [7, 11) is 0. The minimum Gasteiger partial charge on any atom is -0.350 e. The van der Waals surface area contributed by atoms with Crippen LogP contribution in [0.2, 0.25) is 0 Å². The number of nitrogens with zero attached hydrogens (tertiary/aromatic N) is 2. The zero-order chi connectivity index (χ0) is 12.0. The van der Waals surface area contributed by atoms with Crippen LogP contribution in [-0.2, 0) is 6.18 Å². The third-order valence-electron chi connectivity index (χ3n) is 2.48. The molecule has 0 N–H and O–H groups in total. The summed E-state index contributed by atoms with van der Waals surface area (Å²) in [5.41, 5.74) is 0.768. The quantitative estimate of drug-likeness (QED) is 0.602. The van der Waals surface area contributed by atoms with Crippen LogP contribution in [0, 0.1) is 0 Å². The van der Waals surface area contributed by atoms with E-state index in [-0.39, 0.29) is 10.9 Å². The van der Waals surface area contributed by atoms with Gasteiger partial charge in [-0.2, -0.15) is 13.2 Å². The molecule has 0 aliphatic carbocycles. The molecule has 0 saturated heterocycles. The average molecular weight is 238 g/mol. The van der Waals surface area contributed by atoms with Gasteiger partial charge in [0, 0.05) is 11.6 Å². The van der Waals surface area contributed by atoms with E-state index in [2.05, 4.69) is 14.7 Å². The number of para-hydroxylation sites is 1. The number of hydrogen-bond acceptors (Lipinski definition) is 3. The summed E-state index contributed by atoms with van der Waals surface area (Å²) in [5, 5.41) is 3.91. The fraction of sp³-hybridized carbons (Fsp3) is 0.0909. The predicted molar refractivity (Wildman–Crippen MR) is 54.3 cm³/mol. The van der Waals surface area contributed by atoms with Gasteiger partial charge in [-0.05, 0) is 6.07 Å². The number of pyridine rings is 1. The number of aromatic nitrogens is 2. The van der Waals surface area contributed by atoms with Gasteiger partial charge in [0.05, 0.1) is 10.9 Å². The molecule has 86 valence electrons. The van der Waals surface area contributed by atoms with Gasteiger partial charge in [0.2, 0.25) is 5.76 Å². The van der Waals surface area contributed by atoms with Crippen LogP contribution >= 0.6 is 0 Å². The van der Waals surface area contributed by atoms with Crippen LogP contribution in [0.4, 0.5) is 13.2 Å². The Morgan fingerprint density at radius 1 is 1.06 bits per heavy atom. The Bertz CT molecular complexity index is 703. The summed E-state index contributed by atoms with van der Waals surface area (Å²) in [6.45, 7) is 0. The van der Waals surface area contributed by atoms with Gasteiger partial charge in [-0.3, -0.25) is 4.98 Å². The summed E-state index contributed by atoms with van der Waals surface area (Å²) in [4.78, 5) is 3.96. The van der Waals surface area contributed by atoms with Gasteiger partial charge in [-0.15, -0.1) is 0 Å². The molecule has 0 fully saturated rings. The highest BCUT2D eigenvalue weighted by atomic mass is 19.4. The molecule has 2 aromatic heterocycles. The molecule has 0 saturated carbocycles. The molecule has 17 heavy (non-hydrogen) atoms. The monoisotopic (exact) mass is 238 g/mol. The molecular formula is C11H5F3N2O. The molecule has 0 radical (unpaired) electrons. The van der Waals surface area contributed by atoms with E-state index in [1.807, 2.05) is 0 Å². The van der Waals surface area contributed by atoms with Crippen molar-refractivity contribution in [1.29, 1.82) is 0 Å². The van der Waals surface area contributed by atoms with Gasteiger partial charge >= 0.3 is 6.18 Å². The number of fused-ring (bicyclic) bond motifs is 3. The molecule has 0 unspecified atom stereocenters. The van der Waals surface area contributed by atoms with Crippen molar-refractivity contribution in [3.63, 3.8) is 0 Å². The van der Waals surface area contributed by atoms with Crippen molar-refractivity contribution in [1.82, 2.24) is 10.1 Å². The lowest BCUT2D eigenvalue weighted by Gasteiger charge is -2.00. The van der Waals surface area contributed by atoms with Gasteiger partial charge in [0.15, 0.2) is 0 Å². The molecule has 0 spiro atoms. The maximum absolute atomic E-state index is 12.6. The van der Waals surface area contributed by atoms with Crippen molar-refractivity contribution >= 4 is 21.8 Å². The summed E-state index contributed by atoms with van der Waals surface area (Å²) >= 11 is 0. The maximum Gasteiger partial charge on any atom is 0.453 e. The first-order chi connectivity index (χ1) is 8.07. The third kappa shape index (κ3) is 1.44. The summed E-state index contributed by atoms with van der Waals surface area (Å²) in [6.07, 6.45) is -3.42. The van der Waals surface area contributed by atoms with E-state index in [9.17, 15) is 13.2 Å². The molecule has 6 heteroatoms. The molecule has 0 atom stereocenters. The lowest BCUT2D eigenvalue weighted by atomic mass is 10.1. The normalized spacial score (nSPS) is 12.4. The first kappa shape index (κ1) is 10.1. The number of hydrogen-bond donors (Lipinski definition) is 0. The van der Waals surface area contributed by atoms with Crippen molar-refractivity contribution in [3.05, 3.63) is 36.2 Å². The van der Waals surface area contributed by atoms with Gasteiger partial charge in [-0.1, -0.05) is 23.4 Å². The lowest BCUT2D eigenvalue weighted by Crippen LogP contribution is -2.03. The highest BCUT2D eigenvalue weighted by Gasteiger charge is 2.38. The van der Waals surface area contributed by atoms with Gasteiger partial charge < -0.3 is 4.52 Å². The largest absolute Gasteiger partial charge is 0.453 e. The van der Waals surface area contributed by atoms with E-state index in [1.54, 1.807) is 24.3 Å². The molecule has 3 nitrogen and oxygen atoms in total. The molecule has 2 heterocycles. The van der Waals surface area contributed by atoms with E-state index in [0.717, 1.165) is 6.20 Å². The number of benzene rings is 1. The second-order valence-corrected chi connectivity index (χ2v) is 3.55. The lowest BCUT2D eigenvalue weighted by molar-refractivity contribution is -0.154. The topological polar surface area (TPSA) is 38.9 Å². The highest BCUT2D eigenvalue weighted by Crippen LogP contribution is 2.36. The molecule has 0 aliphatic rings. The molecule has 3 aromatic rings. The Kier molecular flexibility index (Phi) is 1.89. The molecule has 1 aromatic carbocycles. The highest BCUT2D eigenvalue weighted by molar-refractivity contribution is 6.03. The van der Waals surface area contributed by atoms with Crippen molar-refractivity contribution in [2.75, 3.05) is 0 Å². The van der Waals surface area contributed by atoms with E-state index in [1.165, 1.54) is 0 Å². The van der Waals surface area contributed by atoms with Crippen molar-refractivity contribution in [2.45, 2.75) is 6.18 Å². The van der Waals surface area contributed by atoms with Crippen molar-refractivity contribution in [3.8, 4) is 0 Å². The van der Waals surface area contributed by atoms with E-state index < -0.39 is 11.9 Å². The smallest absolute Gasteiger partial charge is 0.350 e. The van der Waals surface area contributed by atoms with Crippen molar-refractivity contribution in [2.24, 2.45) is 0 Å². The Hall–Kier alpha value is -2.11. The van der Waals surface area contributed by atoms with Crippen LogP contribution in [0.25, 0.3) is 21.8 Å². The standard InChI is InChI=1S/C11H5F3N2O/c12-11(13,14)10-7-5-15-8-4-2-1-3-6(8)9(7)16-17-10/h1-5H. The van der Waals surface area contributed by atoms with E-state index in [0.29, 0.717) is 10.9 Å². The minimum atomic E-state index is -4.56. The van der Waals surface area contributed by atoms with Crippen LogP contribution in [0.15, 0.2) is 35.0 Å². The second kappa shape index (κ2) is 3.19. The van der Waals surface area contributed by atoms with Crippen LogP contribution in [0.3, 0.4) is 0 Å². The number of alkyl halides is 3. The molecule has 0 aliphatic heterocycles. The van der Waals surface area contributed by atoms with E-state index in [4.69, 9.17) is 0 Å². The Morgan fingerprint density at radius 2 is 1.82 bits per heavy atom. The van der Waals surface area contributed by atoms with Crippen LogP contribution < -0.4 is 0 Å². The Morgan fingerprint density at radius 3 is 2.59 bits per heavy atom. The summed E-state index contributed by atoms with van der Waals surface area (Å²) < 4.78 is 42.1. The fourth-order valence-electron chi connectivity index (χ4n) is 1.74. The molecule has 0 bridgehead atoms. The van der Waals surface area contributed by atoms with Gasteiger partial charge in [0.25, 0.3) is 0 Å². The SMILES string of the molecule is FC(F)(F)c1onc2c1cnc1ccccc12. The predicted octanol–water partition coefficient (Wildman–Crippen LogP) is 3.39. The zero-order valence-corrected chi connectivity index (χ0v) is 8.32. The number of halogens is 3. The fourth-order valence-corrected chi connectivity index (χ4v) is 1.74. The zero-order valence-electron chi connectivity index (χ0n) is 8.32. The van der Waals surface area contributed by atoms with Gasteiger partial charge in [-0.25, -0.2) is 0 Å². The summed E-state index contributed by atoms with van der Waals surface area (Å²) in [6, 6.07) is 6.83. The average Bonchev–Trinajstić information content (AvgIpc) is 2.72. The third-order valence-corrected chi connectivity index (χ3v) is 2.48.